The standard InChI is InChI=1S/C15H16N2O/c1-18-14-9-7-12(8-10-14)11-17-15(16)13-5-3-2-4-6-13/h2-10H,11H2,1H3,(H2,16,17). The van der Waals surface area contributed by atoms with E-state index < -0.39 is 0 Å². The third-order valence-corrected chi connectivity index (χ3v) is 2.66. The lowest BCUT2D eigenvalue weighted by molar-refractivity contribution is 0.414. The summed E-state index contributed by atoms with van der Waals surface area (Å²) in [6, 6.07) is 17.6. The molecule has 0 saturated carbocycles. The molecule has 2 aromatic carbocycles. The second-order valence-corrected chi connectivity index (χ2v) is 3.92. The van der Waals surface area contributed by atoms with Crippen molar-refractivity contribution < 1.29 is 4.74 Å². The van der Waals surface area contributed by atoms with E-state index in [1.54, 1.807) is 7.11 Å². The maximum Gasteiger partial charge on any atom is 0.125 e. The van der Waals surface area contributed by atoms with Crippen LogP contribution in [-0.4, -0.2) is 12.9 Å². The number of rotatable bonds is 4. The maximum atomic E-state index is 5.92. The van der Waals surface area contributed by atoms with Crippen LogP contribution in [0.2, 0.25) is 0 Å². The second-order valence-electron chi connectivity index (χ2n) is 3.92. The van der Waals surface area contributed by atoms with Crippen LogP contribution in [0.1, 0.15) is 11.1 Å². The minimum atomic E-state index is 0.561. The van der Waals surface area contributed by atoms with Gasteiger partial charge in [0.2, 0.25) is 0 Å². The number of hydrogen-bond donors (Lipinski definition) is 1. The van der Waals surface area contributed by atoms with Crippen molar-refractivity contribution in [3.8, 4) is 5.75 Å². The van der Waals surface area contributed by atoms with E-state index in [0.29, 0.717) is 12.4 Å². The molecule has 0 fully saturated rings. The van der Waals surface area contributed by atoms with Crippen molar-refractivity contribution in [3.05, 3.63) is 65.7 Å². The Labute approximate surface area is 107 Å². The first-order chi connectivity index (χ1) is 8.79. The molecule has 2 aromatic rings. The van der Waals surface area contributed by atoms with Gasteiger partial charge >= 0.3 is 0 Å². The van der Waals surface area contributed by atoms with E-state index in [-0.39, 0.29) is 0 Å². The lowest BCUT2D eigenvalue weighted by atomic mass is 10.2. The van der Waals surface area contributed by atoms with Gasteiger partial charge < -0.3 is 10.5 Å². The Balaban J connectivity index is 2.05. The van der Waals surface area contributed by atoms with E-state index in [2.05, 4.69) is 4.99 Å². The summed E-state index contributed by atoms with van der Waals surface area (Å²) in [5.41, 5.74) is 7.98. The molecule has 2 rings (SSSR count). The van der Waals surface area contributed by atoms with Gasteiger partial charge in [0.25, 0.3) is 0 Å². The van der Waals surface area contributed by atoms with Crippen LogP contribution in [0.4, 0.5) is 0 Å². The number of nitrogens with two attached hydrogens (primary N) is 1. The van der Waals surface area contributed by atoms with Gasteiger partial charge in [0.05, 0.1) is 13.7 Å². The van der Waals surface area contributed by atoms with Crippen molar-refractivity contribution in [1.82, 2.24) is 0 Å². The van der Waals surface area contributed by atoms with Crippen LogP contribution >= 0.6 is 0 Å². The van der Waals surface area contributed by atoms with Gasteiger partial charge in [-0.15, -0.1) is 0 Å². The molecule has 0 bridgehead atoms. The topological polar surface area (TPSA) is 47.6 Å². The molecule has 0 atom stereocenters. The number of amidine groups is 1. The SMILES string of the molecule is COc1ccc(CN=C(N)c2ccccc2)cc1. The summed E-state index contributed by atoms with van der Waals surface area (Å²) in [5, 5.41) is 0. The van der Waals surface area contributed by atoms with Crippen LogP contribution in [0.15, 0.2) is 59.6 Å². The van der Waals surface area contributed by atoms with Gasteiger partial charge in [-0.05, 0) is 17.7 Å². The lowest BCUT2D eigenvalue weighted by Gasteiger charge is -2.03. The third-order valence-electron chi connectivity index (χ3n) is 2.66. The fourth-order valence-corrected chi connectivity index (χ4v) is 1.61. The first kappa shape index (κ1) is 12.2. The number of aliphatic imine (C=N–C) groups is 1. The second kappa shape index (κ2) is 5.87. The van der Waals surface area contributed by atoms with Gasteiger partial charge in [-0.25, -0.2) is 0 Å². The highest BCUT2D eigenvalue weighted by Crippen LogP contribution is 2.12. The summed E-state index contributed by atoms with van der Waals surface area (Å²) in [6.45, 7) is 0.574. The number of hydrogen-bond acceptors (Lipinski definition) is 2. The van der Waals surface area contributed by atoms with Crippen molar-refractivity contribution >= 4 is 5.84 Å². The van der Waals surface area contributed by atoms with E-state index in [4.69, 9.17) is 10.5 Å². The zero-order valence-electron chi connectivity index (χ0n) is 10.3. The van der Waals surface area contributed by atoms with Crippen LogP contribution in [0, 0.1) is 0 Å². The summed E-state index contributed by atoms with van der Waals surface area (Å²) in [5.74, 6) is 1.41. The zero-order chi connectivity index (χ0) is 12.8. The van der Waals surface area contributed by atoms with E-state index >= 15 is 0 Å². The summed E-state index contributed by atoms with van der Waals surface area (Å²) >= 11 is 0. The normalized spacial score (nSPS) is 11.3. The number of ether oxygens (including phenoxy) is 1. The van der Waals surface area contributed by atoms with Crippen molar-refractivity contribution in [3.63, 3.8) is 0 Å². The van der Waals surface area contributed by atoms with E-state index in [0.717, 1.165) is 16.9 Å². The molecule has 0 aliphatic heterocycles. The van der Waals surface area contributed by atoms with Crippen LogP contribution in [0.5, 0.6) is 5.75 Å². The smallest absolute Gasteiger partial charge is 0.125 e. The average Bonchev–Trinajstić information content (AvgIpc) is 2.46. The Morgan fingerprint density at radius 3 is 2.33 bits per heavy atom. The lowest BCUT2D eigenvalue weighted by Crippen LogP contribution is -2.13. The molecule has 0 heterocycles. The molecule has 0 aromatic heterocycles. The fraction of sp³-hybridized carbons (Fsp3) is 0.133. The molecule has 0 aliphatic carbocycles. The van der Waals surface area contributed by atoms with Crippen molar-refractivity contribution in [2.45, 2.75) is 6.54 Å². The number of methoxy groups -OCH3 is 1. The molecule has 2 N–H and O–H groups in total. The molecule has 0 aliphatic rings. The van der Waals surface area contributed by atoms with E-state index in [1.165, 1.54) is 0 Å². The average molecular weight is 240 g/mol. The molecule has 3 heteroatoms. The van der Waals surface area contributed by atoms with Gasteiger partial charge in [-0.3, -0.25) is 4.99 Å². The Kier molecular flexibility index (Phi) is 3.97. The fourth-order valence-electron chi connectivity index (χ4n) is 1.61. The molecule has 0 radical (unpaired) electrons. The molecule has 3 nitrogen and oxygen atoms in total. The zero-order valence-corrected chi connectivity index (χ0v) is 10.3. The molecule has 0 amide bonds. The molecule has 0 unspecified atom stereocenters. The summed E-state index contributed by atoms with van der Waals surface area (Å²) in [4.78, 5) is 4.37. The quantitative estimate of drug-likeness (QED) is 0.659. The molecule has 92 valence electrons. The minimum Gasteiger partial charge on any atom is -0.497 e. The predicted octanol–water partition coefficient (Wildman–Crippen LogP) is 2.60. The molecule has 18 heavy (non-hydrogen) atoms. The predicted molar refractivity (Wildman–Crippen MR) is 73.9 cm³/mol. The molecule has 0 saturated heterocycles. The Hall–Kier alpha value is -2.29. The van der Waals surface area contributed by atoms with Crippen molar-refractivity contribution in [1.29, 1.82) is 0 Å². The van der Waals surface area contributed by atoms with Crippen LogP contribution < -0.4 is 10.5 Å². The third kappa shape index (κ3) is 3.10. The molecular weight excluding hydrogens is 224 g/mol. The van der Waals surface area contributed by atoms with Crippen molar-refractivity contribution in [2.75, 3.05) is 7.11 Å². The van der Waals surface area contributed by atoms with E-state index in [9.17, 15) is 0 Å². The highest BCUT2D eigenvalue weighted by Gasteiger charge is 1.97. The summed E-state index contributed by atoms with van der Waals surface area (Å²) in [7, 11) is 1.65. The Morgan fingerprint density at radius 2 is 1.72 bits per heavy atom. The van der Waals surface area contributed by atoms with Crippen molar-refractivity contribution in [2.24, 2.45) is 10.7 Å². The van der Waals surface area contributed by atoms with Crippen LogP contribution in [-0.2, 0) is 6.54 Å². The van der Waals surface area contributed by atoms with Gasteiger partial charge in [-0.2, -0.15) is 0 Å². The van der Waals surface area contributed by atoms with Gasteiger partial charge in [0, 0.05) is 5.56 Å². The summed E-state index contributed by atoms with van der Waals surface area (Å²) in [6.07, 6.45) is 0. The Morgan fingerprint density at radius 1 is 1.06 bits per heavy atom. The highest BCUT2D eigenvalue weighted by atomic mass is 16.5. The first-order valence-electron chi connectivity index (χ1n) is 5.78. The van der Waals surface area contributed by atoms with Crippen LogP contribution in [0.25, 0.3) is 0 Å². The van der Waals surface area contributed by atoms with Gasteiger partial charge in [-0.1, -0.05) is 42.5 Å². The first-order valence-corrected chi connectivity index (χ1v) is 5.78. The maximum absolute atomic E-state index is 5.92. The largest absolute Gasteiger partial charge is 0.497 e. The monoisotopic (exact) mass is 240 g/mol. The van der Waals surface area contributed by atoms with Gasteiger partial charge in [0.15, 0.2) is 0 Å². The number of benzene rings is 2. The summed E-state index contributed by atoms with van der Waals surface area (Å²) < 4.78 is 5.10. The highest BCUT2D eigenvalue weighted by molar-refractivity contribution is 5.97. The number of nitrogens with zero attached hydrogens (tertiary/aromatic N) is 1. The van der Waals surface area contributed by atoms with Gasteiger partial charge in [0.1, 0.15) is 11.6 Å². The molecular formula is C15H16N2O. The van der Waals surface area contributed by atoms with E-state index in [1.807, 2.05) is 54.6 Å². The minimum absolute atomic E-state index is 0.561. The van der Waals surface area contributed by atoms with Crippen LogP contribution in [0.3, 0.4) is 0 Å². The molecule has 0 spiro atoms. The Bertz CT molecular complexity index is 518.